The lowest BCUT2D eigenvalue weighted by atomic mass is 9.95. The third kappa shape index (κ3) is 6.14. The maximum atomic E-state index is 12.7. The van der Waals surface area contributed by atoms with Crippen molar-refractivity contribution in [1.82, 2.24) is 10.2 Å². The zero-order valence-electron chi connectivity index (χ0n) is 15.3. The fourth-order valence-corrected chi connectivity index (χ4v) is 3.56. The Balaban J connectivity index is 2.05. The molecule has 0 heterocycles. The highest BCUT2D eigenvalue weighted by Crippen LogP contribution is 2.19. The molecule has 138 valence electrons. The fraction of sp³-hybridized carbons (Fsp3) is 0.600. The molecule has 1 saturated carbocycles. The van der Waals surface area contributed by atoms with Crippen LogP contribution in [0.5, 0.6) is 0 Å². The Bertz CT molecular complexity index is 568. The van der Waals surface area contributed by atoms with Crippen LogP contribution in [0.1, 0.15) is 64.4 Å². The second-order valence-corrected chi connectivity index (χ2v) is 7.83. The molecule has 0 aromatic heterocycles. The van der Waals surface area contributed by atoms with Crippen molar-refractivity contribution in [3.63, 3.8) is 0 Å². The molecule has 1 aliphatic rings. The molecule has 0 bridgehead atoms. The first-order valence-corrected chi connectivity index (χ1v) is 10.1. The van der Waals surface area contributed by atoms with Crippen LogP contribution in [0, 0.1) is 0 Å². The average molecular weight is 409 g/mol. The quantitative estimate of drug-likeness (QED) is 0.725. The minimum atomic E-state index is -0.454. The summed E-state index contributed by atoms with van der Waals surface area (Å²) in [6, 6.07) is 7.71. The molecule has 1 atom stereocenters. The lowest BCUT2D eigenvalue weighted by molar-refractivity contribution is -0.141. The first kappa shape index (κ1) is 20.0. The van der Waals surface area contributed by atoms with E-state index in [1.54, 1.807) is 4.90 Å². The Morgan fingerprint density at radius 3 is 2.44 bits per heavy atom. The van der Waals surface area contributed by atoms with Crippen molar-refractivity contribution >= 4 is 27.7 Å². The van der Waals surface area contributed by atoms with E-state index in [4.69, 9.17) is 0 Å². The molecule has 0 spiro atoms. The van der Waals surface area contributed by atoms with Crippen LogP contribution in [0.2, 0.25) is 0 Å². The van der Waals surface area contributed by atoms with Crippen molar-refractivity contribution in [2.75, 3.05) is 0 Å². The Kier molecular flexibility index (Phi) is 7.94. The van der Waals surface area contributed by atoms with Crippen LogP contribution >= 0.6 is 15.9 Å². The number of rotatable bonds is 7. The standard InChI is InChI=1S/C20H29BrN2O2/c1-3-7-19(24)23(14-16-10-12-17(21)13-11-16)15(2)20(25)22-18-8-5-4-6-9-18/h10-13,15,18H,3-9,14H2,1-2H3,(H,22,25). The molecule has 0 radical (unpaired) electrons. The number of benzene rings is 1. The van der Waals surface area contributed by atoms with Crippen LogP contribution in [0.3, 0.4) is 0 Å². The molecular formula is C20H29BrN2O2. The first-order valence-electron chi connectivity index (χ1n) is 9.35. The highest BCUT2D eigenvalue weighted by atomic mass is 79.9. The Hall–Kier alpha value is -1.36. The summed E-state index contributed by atoms with van der Waals surface area (Å²) < 4.78 is 1.01. The number of hydrogen-bond donors (Lipinski definition) is 1. The van der Waals surface area contributed by atoms with Gasteiger partial charge in [0.15, 0.2) is 0 Å². The summed E-state index contributed by atoms with van der Waals surface area (Å²) >= 11 is 3.43. The number of hydrogen-bond acceptors (Lipinski definition) is 2. The molecular weight excluding hydrogens is 380 g/mol. The van der Waals surface area contributed by atoms with Crippen LogP contribution in [0.15, 0.2) is 28.7 Å². The van der Waals surface area contributed by atoms with Crippen molar-refractivity contribution in [2.45, 2.75) is 77.4 Å². The lowest BCUT2D eigenvalue weighted by Gasteiger charge is -2.31. The molecule has 5 heteroatoms. The van der Waals surface area contributed by atoms with Crippen LogP contribution in [-0.2, 0) is 16.1 Å². The minimum Gasteiger partial charge on any atom is -0.352 e. The van der Waals surface area contributed by atoms with E-state index in [2.05, 4.69) is 21.2 Å². The summed E-state index contributed by atoms with van der Waals surface area (Å²) in [5.41, 5.74) is 1.03. The van der Waals surface area contributed by atoms with Gasteiger partial charge in [-0.1, -0.05) is 54.2 Å². The highest BCUT2D eigenvalue weighted by Gasteiger charge is 2.27. The molecule has 1 aliphatic carbocycles. The van der Waals surface area contributed by atoms with Gasteiger partial charge in [0, 0.05) is 23.5 Å². The van der Waals surface area contributed by atoms with Gasteiger partial charge in [0.2, 0.25) is 11.8 Å². The van der Waals surface area contributed by atoms with E-state index >= 15 is 0 Å². The van der Waals surface area contributed by atoms with Crippen molar-refractivity contribution < 1.29 is 9.59 Å². The first-order chi connectivity index (χ1) is 12.0. The van der Waals surface area contributed by atoms with Gasteiger partial charge in [-0.15, -0.1) is 0 Å². The van der Waals surface area contributed by atoms with Gasteiger partial charge >= 0.3 is 0 Å². The summed E-state index contributed by atoms with van der Waals surface area (Å²) in [5.74, 6) is 0.00479. The summed E-state index contributed by atoms with van der Waals surface area (Å²) in [5, 5.41) is 3.15. The normalized spacial score (nSPS) is 16.3. The van der Waals surface area contributed by atoms with Gasteiger partial charge in [-0.3, -0.25) is 9.59 Å². The molecule has 2 amide bonds. The van der Waals surface area contributed by atoms with E-state index in [1.807, 2.05) is 38.1 Å². The Morgan fingerprint density at radius 1 is 1.20 bits per heavy atom. The average Bonchev–Trinajstić information content (AvgIpc) is 2.61. The molecule has 1 fully saturated rings. The molecule has 4 nitrogen and oxygen atoms in total. The second-order valence-electron chi connectivity index (χ2n) is 6.92. The van der Waals surface area contributed by atoms with Gasteiger partial charge in [-0.2, -0.15) is 0 Å². The van der Waals surface area contributed by atoms with Gasteiger partial charge in [0.05, 0.1) is 0 Å². The maximum Gasteiger partial charge on any atom is 0.242 e. The highest BCUT2D eigenvalue weighted by molar-refractivity contribution is 9.10. The second kappa shape index (κ2) is 9.95. The molecule has 1 N–H and O–H groups in total. The summed E-state index contributed by atoms with van der Waals surface area (Å²) in [4.78, 5) is 27.0. The SMILES string of the molecule is CCCC(=O)N(Cc1ccc(Br)cc1)C(C)C(=O)NC1CCCCC1. The molecule has 25 heavy (non-hydrogen) atoms. The van der Waals surface area contributed by atoms with Gasteiger partial charge < -0.3 is 10.2 Å². The zero-order valence-corrected chi connectivity index (χ0v) is 16.8. The smallest absolute Gasteiger partial charge is 0.242 e. The number of carbonyl (C=O) groups excluding carboxylic acids is 2. The van der Waals surface area contributed by atoms with Gasteiger partial charge in [-0.25, -0.2) is 0 Å². The van der Waals surface area contributed by atoms with E-state index in [1.165, 1.54) is 19.3 Å². The van der Waals surface area contributed by atoms with E-state index < -0.39 is 6.04 Å². The number of halogens is 1. The lowest BCUT2D eigenvalue weighted by Crippen LogP contribution is -2.50. The molecule has 0 saturated heterocycles. The predicted molar refractivity (Wildman–Crippen MR) is 104 cm³/mol. The Labute approximate surface area is 159 Å². The zero-order chi connectivity index (χ0) is 18.2. The summed E-state index contributed by atoms with van der Waals surface area (Å²) in [6.45, 7) is 4.29. The van der Waals surface area contributed by atoms with Crippen LogP contribution in [-0.4, -0.2) is 28.8 Å². The summed E-state index contributed by atoms with van der Waals surface area (Å²) in [7, 11) is 0. The fourth-order valence-electron chi connectivity index (χ4n) is 3.30. The van der Waals surface area contributed by atoms with Crippen molar-refractivity contribution in [3.05, 3.63) is 34.3 Å². The van der Waals surface area contributed by atoms with Gasteiger partial charge in [0.1, 0.15) is 6.04 Å². The number of amides is 2. The number of carbonyl (C=O) groups is 2. The van der Waals surface area contributed by atoms with Crippen LogP contribution in [0.4, 0.5) is 0 Å². The van der Waals surface area contributed by atoms with Crippen LogP contribution in [0.25, 0.3) is 0 Å². The predicted octanol–water partition coefficient (Wildman–Crippen LogP) is 4.42. The minimum absolute atomic E-state index is 0.0338. The van der Waals surface area contributed by atoms with Crippen molar-refractivity contribution in [1.29, 1.82) is 0 Å². The monoisotopic (exact) mass is 408 g/mol. The number of nitrogens with zero attached hydrogens (tertiary/aromatic N) is 1. The van der Waals surface area contributed by atoms with Crippen molar-refractivity contribution in [2.24, 2.45) is 0 Å². The molecule has 2 rings (SSSR count). The summed E-state index contributed by atoms with van der Waals surface area (Å²) in [6.07, 6.45) is 6.96. The van der Waals surface area contributed by atoms with E-state index in [-0.39, 0.29) is 17.9 Å². The van der Waals surface area contributed by atoms with E-state index in [0.29, 0.717) is 13.0 Å². The van der Waals surface area contributed by atoms with E-state index in [9.17, 15) is 9.59 Å². The van der Waals surface area contributed by atoms with Gasteiger partial charge in [0.25, 0.3) is 0 Å². The topological polar surface area (TPSA) is 49.4 Å². The molecule has 0 aliphatic heterocycles. The van der Waals surface area contributed by atoms with Gasteiger partial charge in [-0.05, 0) is 43.9 Å². The molecule has 1 aromatic carbocycles. The maximum absolute atomic E-state index is 12.7. The Morgan fingerprint density at radius 2 is 1.84 bits per heavy atom. The molecule has 1 unspecified atom stereocenters. The van der Waals surface area contributed by atoms with Crippen molar-refractivity contribution in [3.8, 4) is 0 Å². The molecule has 1 aromatic rings. The third-order valence-corrected chi connectivity index (χ3v) is 5.38. The number of nitrogens with one attached hydrogen (secondary N) is 1. The largest absolute Gasteiger partial charge is 0.352 e. The van der Waals surface area contributed by atoms with Crippen LogP contribution < -0.4 is 5.32 Å². The third-order valence-electron chi connectivity index (χ3n) is 4.85. The van der Waals surface area contributed by atoms with E-state index in [0.717, 1.165) is 29.3 Å².